The van der Waals surface area contributed by atoms with Crippen molar-refractivity contribution in [2.24, 2.45) is 11.5 Å². The van der Waals surface area contributed by atoms with Gasteiger partial charge in [0.05, 0.1) is 11.0 Å². The van der Waals surface area contributed by atoms with Gasteiger partial charge in [0.15, 0.2) is 0 Å². The standard InChI is InChI=1S/C43H35N3/c1-3-29(23-24-44)33-9-8-10-34(25-33)35-17-20-39-37(26-35)19-22-41-40-21-18-36(32-15-13-31(14-16-32)30(4-2)28-45)27-42(40)46(43(39)41)38-11-6-5-7-12-38/h3-28H,2,44-45H2,1H3/b24-23-,29-3+,30-28+. The molecular weight excluding hydrogens is 558 g/mol. The Morgan fingerprint density at radius 2 is 1.30 bits per heavy atom. The van der Waals surface area contributed by atoms with Crippen molar-refractivity contribution in [2.75, 3.05) is 0 Å². The molecule has 1 heterocycles. The van der Waals surface area contributed by atoms with Crippen LogP contribution in [0.15, 0.2) is 165 Å². The van der Waals surface area contributed by atoms with Crippen LogP contribution in [0, 0.1) is 0 Å². The summed E-state index contributed by atoms with van der Waals surface area (Å²) < 4.78 is 2.41. The molecule has 3 heteroatoms. The molecule has 1 aromatic heterocycles. The second-order valence-electron chi connectivity index (χ2n) is 11.4. The monoisotopic (exact) mass is 593 g/mol. The van der Waals surface area contributed by atoms with E-state index in [1.165, 1.54) is 43.7 Å². The van der Waals surface area contributed by atoms with Gasteiger partial charge in [-0.1, -0.05) is 116 Å². The summed E-state index contributed by atoms with van der Waals surface area (Å²) in [6.45, 7) is 5.92. The molecule has 4 N–H and O–H groups in total. The zero-order valence-corrected chi connectivity index (χ0v) is 25.8. The summed E-state index contributed by atoms with van der Waals surface area (Å²) in [5.41, 5.74) is 23.9. The van der Waals surface area contributed by atoms with Crippen molar-refractivity contribution in [2.45, 2.75) is 6.92 Å². The second-order valence-corrected chi connectivity index (χ2v) is 11.4. The van der Waals surface area contributed by atoms with Gasteiger partial charge in [0, 0.05) is 28.0 Å². The molecule has 0 unspecified atom stereocenters. The van der Waals surface area contributed by atoms with E-state index in [1.807, 2.05) is 13.0 Å². The number of nitrogens with zero attached hydrogens (tertiary/aromatic N) is 1. The van der Waals surface area contributed by atoms with Crippen LogP contribution in [0.25, 0.3) is 71.7 Å². The van der Waals surface area contributed by atoms with Gasteiger partial charge < -0.3 is 16.0 Å². The number of para-hydroxylation sites is 1. The summed E-state index contributed by atoms with van der Waals surface area (Å²) >= 11 is 0. The van der Waals surface area contributed by atoms with Crippen LogP contribution in [-0.2, 0) is 0 Å². The Labute approximate surface area is 269 Å². The molecule has 0 aliphatic rings. The number of benzene rings is 6. The van der Waals surface area contributed by atoms with Crippen LogP contribution in [0.5, 0.6) is 0 Å². The highest BCUT2D eigenvalue weighted by molar-refractivity contribution is 6.19. The number of allylic oxidation sites excluding steroid dienone is 5. The van der Waals surface area contributed by atoms with Crippen molar-refractivity contribution in [3.63, 3.8) is 0 Å². The smallest absolute Gasteiger partial charge is 0.0619 e. The number of hydrogen-bond acceptors (Lipinski definition) is 2. The van der Waals surface area contributed by atoms with E-state index in [1.54, 1.807) is 18.5 Å². The average Bonchev–Trinajstić information content (AvgIpc) is 3.45. The first-order valence-electron chi connectivity index (χ1n) is 15.5. The Hall–Kier alpha value is -6.06. The van der Waals surface area contributed by atoms with Crippen LogP contribution in [0.3, 0.4) is 0 Å². The number of hydrogen-bond donors (Lipinski definition) is 2. The fourth-order valence-electron chi connectivity index (χ4n) is 6.52. The maximum Gasteiger partial charge on any atom is 0.0619 e. The number of fused-ring (bicyclic) bond motifs is 5. The van der Waals surface area contributed by atoms with E-state index in [9.17, 15) is 0 Å². The van der Waals surface area contributed by atoms with Crippen LogP contribution < -0.4 is 11.5 Å². The number of rotatable bonds is 7. The third-order valence-electron chi connectivity index (χ3n) is 8.83. The maximum atomic E-state index is 5.80. The van der Waals surface area contributed by atoms with Crippen molar-refractivity contribution in [1.82, 2.24) is 4.57 Å². The molecule has 6 aromatic carbocycles. The lowest BCUT2D eigenvalue weighted by atomic mass is 9.96. The average molecular weight is 594 g/mol. The van der Waals surface area contributed by atoms with E-state index in [2.05, 4.69) is 145 Å². The second kappa shape index (κ2) is 12.1. The van der Waals surface area contributed by atoms with Crippen LogP contribution in [-0.4, -0.2) is 4.57 Å². The van der Waals surface area contributed by atoms with Crippen molar-refractivity contribution in [3.8, 4) is 27.9 Å². The predicted octanol–water partition coefficient (Wildman–Crippen LogP) is 10.6. The quantitative estimate of drug-likeness (QED) is 0.181. The van der Waals surface area contributed by atoms with Crippen molar-refractivity contribution in [3.05, 3.63) is 176 Å². The molecule has 0 saturated heterocycles. The third kappa shape index (κ3) is 4.98. The summed E-state index contributed by atoms with van der Waals surface area (Å²) in [7, 11) is 0. The fourth-order valence-corrected chi connectivity index (χ4v) is 6.52. The maximum absolute atomic E-state index is 5.80. The van der Waals surface area contributed by atoms with Crippen LogP contribution in [0.1, 0.15) is 18.1 Å². The Morgan fingerprint density at radius 3 is 2.02 bits per heavy atom. The minimum Gasteiger partial charge on any atom is -0.405 e. The molecule has 0 fully saturated rings. The van der Waals surface area contributed by atoms with Gasteiger partial charge in [-0.3, -0.25) is 0 Å². The van der Waals surface area contributed by atoms with E-state index in [-0.39, 0.29) is 0 Å². The SMILES string of the molecule is C=C/C(=C\N)c1ccc(-c2ccc3c4ccc5cc(-c6cccc(C(/C=C\N)=C/C)c6)ccc5c4n(-c4ccccc4)c3c2)cc1. The number of aromatic nitrogens is 1. The molecule has 0 bridgehead atoms. The molecule has 0 saturated carbocycles. The topological polar surface area (TPSA) is 57.0 Å². The lowest BCUT2D eigenvalue weighted by molar-refractivity contribution is 1.19. The highest BCUT2D eigenvalue weighted by Gasteiger charge is 2.16. The van der Waals surface area contributed by atoms with E-state index < -0.39 is 0 Å². The molecule has 3 nitrogen and oxygen atoms in total. The van der Waals surface area contributed by atoms with Crippen molar-refractivity contribution < 1.29 is 0 Å². The Kier molecular flexibility index (Phi) is 7.58. The molecule has 7 rings (SSSR count). The zero-order valence-electron chi connectivity index (χ0n) is 25.8. The molecule has 222 valence electrons. The molecular formula is C43H35N3. The Morgan fingerprint density at radius 1 is 0.609 bits per heavy atom. The number of nitrogens with two attached hydrogens (primary N) is 2. The van der Waals surface area contributed by atoms with Gasteiger partial charge >= 0.3 is 0 Å². The van der Waals surface area contributed by atoms with E-state index in [4.69, 9.17) is 11.5 Å². The zero-order chi connectivity index (χ0) is 31.6. The normalized spacial score (nSPS) is 12.5. The minimum absolute atomic E-state index is 0.917. The summed E-state index contributed by atoms with van der Waals surface area (Å²) in [6, 6.07) is 45.9. The van der Waals surface area contributed by atoms with Crippen molar-refractivity contribution in [1.29, 1.82) is 0 Å². The van der Waals surface area contributed by atoms with Crippen LogP contribution >= 0.6 is 0 Å². The summed E-state index contributed by atoms with van der Waals surface area (Å²) in [4.78, 5) is 0. The highest BCUT2D eigenvalue weighted by Crippen LogP contribution is 2.39. The minimum atomic E-state index is 0.917. The van der Waals surface area contributed by atoms with Crippen molar-refractivity contribution >= 4 is 43.7 Å². The molecule has 0 aliphatic heterocycles. The highest BCUT2D eigenvalue weighted by atomic mass is 15.0. The van der Waals surface area contributed by atoms with Gasteiger partial charge in [-0.15, -0.1) is 0 Å². The molecule has 0 radical (unpaired) electrons. The third-order valence-corrected chi connectivity index (χ3v) is 8.83. The van der Waals surface area contributed by atoms with Crippen LogP contribution in [0.2, 0.25) is 0 Å². The van der Waals surface area contributed by atoms with Crippen LogP contribution in [0.4, 0.5) is 0 Å². The van der Waals surface area contributed by atoms with Gasteiger partial charge in [0.25, 0.3) is 0 Å². The molecule has 0 aliphatic carbocycles. The molecule has 46 heavy (non-hydrogen) atoms. The molecule has 7 aromatic rings. The van der Waals surface area contributed by atoms with E-state index >= 15 is 0 Å². The summed E-state index contributed by atoms with van der Waals surface area (Å²) in [6.07, 6.45) is 8.99. The molecule has 0 amide bonds. The van der Waals surface area contributed by atoms with Gasteiger partial charge in [-0.25, -0.2) is 0 Å². The van der Waals surface area contributed by atoms with E-state index in [0.717, 1.165) is 39.1 Å². The summed E-state index contributed by atoms with van der Waals surface area (Å²) in [5.74, 6) is 0. The first-order valence-corrected chi connectivity index (χ1v) is 15.5. The predicted molar refractivity (Wildman–Crippen MR) is 198 cm³/mol. The first kappa shape index (κ1) is 28.7. The van der Waals surface area contributed by atoms with Gasteiger partial charge in [-0.05, 0) is 99.4 Å². The van der Waals surface area contributed by atoms with Gasteiger partial charge in [-0.2, -0.15) is 0 Å². The lowest BCUT2D eigenvalue weighted by Gasteiger charge is -2.12. The van der Waals surface area contributed by atoms with E-state index in [0.29, 0.717) is 0 Å². The first-order chi connectivity index (χ1) is 22.6. The Bertz CT molecular complexity index is 2330. The Balaban J connectivity index is 1.41. The fraction of sp³-hybridized carbons (Fsp3) is 0.0233. The molecule has 0 spiro atoms. The summed E-state index contributed by atoms with van der Waals surface area (Å²) in [5, 5.41) is 4.88. The van der Waals surface area contributed by atoms with Gasteiger partial charge in [0.2, 0.25) is 0 Å². The van der Waals surface area contributed by atoms with Gasteiger partial charge in [0.1, 0.15) is 0 Å². The molecule has 0 atom stereocenters. The lowest BCUT2D eigenvalue weighted by Crippen LogP contribution is -1.94. The largest absolute Gasteiger partial charge is 0.405 e.